The van der Waals surface area contributed by atoms with Crippen LogP contribution in [-0.2, 0) is 22.3 Å². The highest BCUT2D eigenvalue weighted by Crippen LogP contribution is 2.36. The topological polar surface area (TPSA) is 127 Å². The van der Waals surface area contributed by atoms with E-state index in [1.165, 1.54) is 0 Å². The van der Waals surface area contributed by atoms with Gasteiger partial charge in [-0.05, 0) is 60.5 Å². The van der Waals surface area contributed by atoms with Gasteiger partial charge in [-0.3, -0.25) is 0 Å². The maximum Gasteiger partial charge on any atom is 0.339 e. The zero-order valence-electron chi connectivity index (χ0n) is 32.8. The molecule has 2 N–H and O–H groups in total. The van der Waals surface area contributed by atoms with Crippen molar-refractivity contribution in [2.24, 2.45) is 23.7 Å². The Kier molecular flexibility index (Phi) is 22.7. The third-order valence-corrected chi connectivity index (χ3v) is 10.6. The molecule has 0 saturated heterocycles. The van der Waals surface area contributed by atoms with Crippen LogP contribution in [0.5, 0.6) is 0 Å². The van der Waals surface area contributed by atoms with Crippen LogP contribution < -0.4 is 0 Å². The van der Waals surface area contributed by atoms with Crippen molar-refractivity contribution in [3.8, 4) is 0 Å². The van der Waals surface area contributed by atoms with Gasteiger partial charge in [0.15, 0.2) is 0 Å². The smallest absolute Gasteiger partial charge is 0.339 e. The molecule has 0 bridgehead atoms. The van der Waals surface area contributed by atoms with Crippen LogP contribution >= 0.6 is 0 Å². The first-order valence-corrected chi connectivity index (χ1v) is 20.0. The number of ether oxygens (including phenoxy) is 2. The Morgan fingerprint density at radius 3 is 1.00 bits per heavy atom. The van der Waals surface area contributed by atoms with Crippen LogP contribution in [0.3, 0.4) is 0 Å². The molecule has 0 aliphatic heterocycles. The number of unbranched alkanes of at least 4 members (excludes halogenated alkanes) is 4. The summed E-state index contributed by atoms with van der Waals surface area (Å²) in [5.74, 6) is -4.19. The highest BCUT2D eigenvalue weighted by Gasteiger charge is 2.38. The molecule has 1 rings (SSSR count). The molecule has 0 amide bonds. The van der Waals surface area contributed by atoms with Crippen LogP contribution in [0.15, 0.2) is 0 Å². The SMILES string of the molecule is CCCCC(CC)COC(=O)c1c(CC(CC)CCCC)c(C(=O)OCC(CC)CCCC)c(C(=O)O)c(CC(CC)CCCC)c1C(=O)O. The molecule has 0 fully saturated rings. The van der Waals surface area contributed by atoms with Crippen LogP contribution in [0, 0.1) is 23.7 Å². The van der Waals surface area contributed by atoms with E-state index in [9.17, 15) is 29.4 Å². The molecule has 286 valence electrons. The average molecular weight is 703 g/mol. The van der Waals surface area contributed by atoms with Gasteiger partial charge in [0.05, 0.1) is 35.5 Å². The van der Waals surface area contributed by atoms with Crippen molar-refractivity contribution in [2.45, 2.75) is 171 Å². The van der Waals surface area contributed by atoms with Crippen molar-refractivity contribution in [3.05, 3.63) is 33.4 Å². The zero-order valence-corrected chi connectivity index (χ0v) is 32.8. The van der Waals surface area contributed by atoms with E-state index in [1.807, 2.05) is 27.7 Å². The first-order chi connectivity index (χ1) is 24.0. The van der Waals surface area contributed by atoms with Crippen molar-refractivity contribution in [3.63, 3.8) is 0 Å². The lowest BCUT2D eigenvalue weighted by atomic mass is 9.78. The number of carbonyl (C=O) groups excluding carboxylic acids is 2. The number of rotatable bonds is 28. The minimum atomic E-state index is -1.38. The van der Waals surface area contributed by atoms with Crippen LogP contribution in [0.1, 0.15) is 211 Å². The van der Waals surface area contributed by atoms with Gasteiger partial charge in [0, 0.05) is 0 Å². The molecule has 0 saturated carbocycles. The molecule has 8 heteroatoms. The van der Waals surface area contributed by atoms with E-state index in [0.717, 1.165) is 89.9 Å². The summed E-state index contributed by atoms with van der Waals surface area (Å²) >= 11 is 0. The Balaban J connectivity index is 4.25. The molecule has 0 spiro atoms. The summed E-state index contributed by atoms with van der Waals surface area (Å²) in [6.07, 6.45) is 14.3. The van der Waals surface area contributed by atoms with E-state index in [2.05, 4.69) is 27.7 Å². The van der Waals surface area contributed by atoms with Crippen molar-refractivity contribution in [1.82, 2.24) is 0 Å². The first-order valence-electron chi connectivity index (χ1n) is 20.0. The molecule has 50 heavy (non-hydrogen) atoms. The number of esters is 2. The zero-order chi connectivity index (χ0) is 37.6. The van der Waals surface area contributed by atoms with Crippen LogP contribution in [0.25, 0.3) is 0 Å². The number of hydrogen-bond acceptors (Lipinski definition) is 6. The Morgan fingerprint density at radius 2 is 0.740 bits per heavy atom. The maximum absolute atomic E-state index is 14.3. The molecule has 0 aliphatic rings. The normalized spacial score (nSPS) is 13.8. The molecule has 4 atom stereocenters. The Labute approximate surface area is 303 Å². The van der Waals surface area contributed by atoms with Gasteiger partial charge in [0.25, 0.3) is 0 Å². The standard InChI is InChI=1S/C42H70O8/c1-9-17-21-29(13-5)25-33-35(39(43)44)37(41(47)49-27-31(15-7)23-19-11-3)34(26-30(14-6)22-18-10-2)38(36(33)40(45)46)42(48)50-28-32(16-8)24-20-12-4/h29-32H,9-28H2,1-8H3,(H,43,44)(H,45,46). The molecule has 1 aromatic rings. The fourth-order valence-corrected chi connectivity index (χ4v) is 6.98. The lowest BCUT2D eigenvalue weighted by molar-refractivity contribution is 0.0408. The van der Waals surface area contributed by atoms with Crippen molar-refractivity contribution in [2.75, 3.05) is 13.2 Å². The first kappa shape index (κ1) is 45.1. The number of aromatic carboxylic acids is 2. The van der Waals surface area contributed by atoms with Gasteiger partial charge in [0.2, 0.25) is 0 Å². The third kappa shape index (κ3) is 14.0. The predicted octanol–water partition coefficient (Wildman–Crippen LogP) is 11.3. The van der Waals surface area contributed by atoms with Gasteiger partial charge >= 0.3 is 23.9 Å². The number of carbonyl (C=O) groups is 4. The maximum atomic E-state index is 14.3. The summed E-state index contributed by atoms with van der Waals surface area (Å²) < 4.78 is 11.9. The molecule has 1 aromatic carbocycles. The molecule has 0 aromatic heterocycles. The molecular formula is C42H70O8. The minimum absolute atomic E-state index is 0.00368. The second-order valence-corrected chi connectivity index (χ2v) is 14.3. The predicted molar refractivity (Wildman–Crippen MR) is 202 cm³/mol. The Morgan fingerprint density at radius 1 is 0.460 bits per heavy atom. The molecule has 0 heterocycles. The van der Waals surface area contributed by atoms with E-state index in [4.69, 9.17) is 9.47 Å². The average Bonchev–Trinajstić information content (AvgIpc) is 3.10. The summed E-state index contributed by atoms with van der Waals surface area (Å²) in [7, 11) is 0. The summed E-state index contributed by atoms with van der Waals surface area (Å²) in [5.41, 5.74) is -0.855. The van der Waals surface area contributed by atoms with Crippen LogP contribution in [-0.4, -0.2) is 47.3 Å². The fraction of sp³-hybridized carbons (Fsp3) is 0.762. The van der Waals surface area contributed by atoms with E-state index in [0.29, 0.717) is 12.8 Å². The largest absolute Gasteiger partial charge is 0.478 e. The summed E-state index contributed by atoms with van der Waals surface area (Å²) in [4.78, 5) is 55.4. The van der Waals surface area contributed by atoms with E-state index < -0.39 is 23.9 Å². The lowest BCUT2D eigenvalue weighted by Gasteiger charge is -2.27. The van der Waals surface area contributed by atoms with Crippen LogP contribution in [0.4, 0.5) is 0 Å². The van der Waals surface area contributed by atoms with E-state index in [-0.39, 0.29) is 83.1 Å². The molecule has 0 aliphatic carbocycles. The number of hydrogen-bond donors (Lipinski definition) is 2. The summed E-state index contributed by atoms with van der Waals surface area (Å²) in [6, 6.07) is 0. The third-order valence-electron chi connectivity index (χ3n) is 10.6. The summed E-state index contributed by atoms with van der Waals surface area (Å²) in [5, 5.41) is 21.7. The van der Waals surface area contributed by atoms with E-state index in [1.54, 1.807) is 0 Å². The molecular weight excluding hydrogens is 632 g/mol. The van der Waals surface area contributed by atoms with Gasteiger partial charge in [-0.2, -0.15) is 0 Å². The van der Waals surface area contributed by atoms with Gasteiger partial charge in [-0.25, -0.2) is 19.2 Å². The fourth-order valence-electron chi connectivity index (χ4n) is 6.98. The number of benzene rings is 1. The van der Waals surface area contributed by atoms with Crippen molar-refractivity contribution in [1.29, 1.82) is 0 Å². The molecule has 0 radical (unpaired) electrons. The highest BCUT2D eigenvalue weighted by molar-refractivity contribution is 6.13. The number of carboxylic acid groups (broad SMARTS) is 2. The second kappa shape index (κ2) is 25.1. The van der Waals surface area contributed by atoms with Gasteiger partial charge in [0.1, 0.15) is 0 Å². The number of carboxylic acids is 2. The Hall–Kier alpha value is -2.90. The van der Waals surface area contributed by atoms with Crippen LogP contribution in [0.2, 0.25) is 0 Å². The van der Waals surface area contributed by atoms with E-state index >= 15 is 0 Å². The van der Waals surface area contributed by atoms with Crippen molar-refractivity contribution >= 4 is 23.9 Å². The Bertz CT molecular complexity index is 1120. The molecule has 4 unspecified atom stereocenters. The summed E-state index contributed by atoms with van der Waals surface area (Å²) in [6.45, 7) is 16.7. The van der Waals surface area contributed by atoms with Gasteiger partial charge in [-0.1, -0.05) is 145 Å². The molecule has 8 nitrogen and oxygen atoms in total. The van der Waals surface area contributed by atoms with Gasteiger partial charge in [-0.15, -0.1) is 0 Å². The minimum Gasteiger partial charge on any atom is -0.478 e. The van der Waals surface area contributed by atoms with Crippen molar-refractivity contribution < 1.29 is 38.9 Å². The lowest BCUT2D eigenvalue weighted by Crippen LogP contribution is -2.29. The monoisotopic (exact) mass is 703 g/mol. The highest BCUT2D eigenvalue weighted by atomic mass is 16.5. The van der Waals surface area contributed by atoms with Gasteiger partial charge < -0.3 is 19.7 Å². The second-order valence-electron chi connectivity index (χ2n) is 14.3. The quantitative estimate of drug-likeness (QED) is 0.0826.